The summed E-state index contributed by atoms with van der Waals surface area (Å²) in [5, 5.41) is 9.64. The molecule has 0 aliphatic heterocycles. The van der Waals surface area contributed by atoms with Crippen molar-refractivity contribution in [1.82, 2.24) is 4.98 Å². The van der Waals surface area contributed by atoms with Crippen molar-refractivity contribution < 1.29 is 24.1 Å². The predicted molar refractivity (Wildman–Crippen MR) is 119 cm³/mol. The Hall–Kier alpha value is -3.54. The van der Waals surface area contributed by atoms with Gasteiger partial charge in [-0.05, 0) is 75.2 Å². The maximum absolute atomic E-state index is 11.8. The van der Waals surface area contributed by atoms with Crippen LogP contribution in [0.3, 0.4) is 0 Å². The average Bonchev–Trinajstić information content (AvgIpc) is 2.74. The number of carboxylic acid groups (broad SMARTS) is 1. The van der Waals surface area contributed by atoms with Crippen molar-refractivity contribution in [2.45, 2.75) is 40.4 Å². The number of hydrogen-bond acceptors (Lipinski definition) is 5. The van der Waals surface area contributed by atoms with Crippen LogP contribution < -0.4 is 14.2 Å². The van der Waals surface area contributed by atoms with Crippen molar-refractivity contribution in [2.24, 2.45) is 0 Å². The van der Waals surface area contributed by atoms with Gasteiger partial charge in [0.05, 0.1) is 30.2 Å². The second-order valence-electron chi connectivity index (χ2n) is 7.51. The lowest BCUT2D eigenvalue weighted by atomic mass is 10.1. The van der Waals surface area contributed by atoms with E-state index in [-0.39, 0.29) is 18.3 Å². The van der Waals surface area contributed by atoms with Gasteiger partial charge in [-0.15, -0.1) is 0 Å². The van der Waals surface area contributed by atoms with E-state index in [9.17, 15) is 9.90 Å². The van der Waals surface area contributed by atoms with Crippen LogP contribution in [0.5, 0.6) is 17.2 Å². The number of carbonyl (C=O) groups is 1. The first-order valence-electron chi connectivity index (χ1n) is 10.1. The van der Waals surface area contributed by atoms with Crippen molar-refractivity contribution in [3.8, 4) is 28.5 Å². The number of hydrogen-bond donors (Lipinski definition) is 1. The molecule has 2 aromatic carbocycles. The quantitative estimate of drug-likeness (QED) is 0.522. The molecule has 3 rings (SSSR count). The molecule has 162 valence electrons. The number of aromatic carboxylic acids is 1. The molecule has 0 bridgehead atoms. The fraction of sp³-hybridized carbons (Fsp3) is 0.280. The van der Waals surface area contributed by atoms with Gasteiger partial charge >= 0.3 is 5.97 Å². The zero-order valence-corrected chi connectivity index (χ0v) is 18.4. The summed E-state index contributed by atoms with van der Waals surface area (Å²) in [4.78, 5) is 16.4. The molecule has 0 aliphatic rings. The lowest BCUT2D eigenvalue weighted by Gasteiger charge is -2.16. The molecular weight excluding hydrogens is 394 g/mol. The molecule has 6 nitrogen and oxygen atoms in total. The molecule has 1 heterocycles. The third kappa shape index (κ3) is 5.15. The van der Waals surface area contributed by atoms with Gasteiger partial charge in [0.15, 0.2) is 0 Å². The Morgan fingerprint density at radius 1 is 1.06 bits per heavy atom. The third-order valence-corrected chi connectivity index (χ3v) is 4.95. The van der Waals surface area contributed by atoms with E-state index in [0.29, 0.717) is 28.6 Å². The molecule has 31 heavy (non-hydrogen) atoms. The number of pyridine rings is 1. The van der Waals surface area contributed by atoms with Crippen molar-refractivity contribution in [3.05, 3.63) is 70.9 Å². The summed E-state index contributed by atoms with van der Waals surface area (Å²) in [6.45, 7) is 7.89. The van der Waals surface area contributed by atoms with Gasteiger partial charge in [0.25, 0.3) is 0 Å². The number of aromatic nitrogens is 1. The van der Waals surface area contributed by atoms with Gasteiger partial charge in [0, 0.05) is 5.56 Å². The fourth-order valence-corrected chi connectivity index (χ4v) is 3.18. The van der Waals surface area contributed by atoms with Gasteiger partial charge in [-0.25, -0.2) is 9.78 Å². The smallest absolute Gasteiger partial charge is 0.337 e. The standard InChI is InChI=1S/C25H27NO5/c1-15(2)31-24-12-9-18(29-5)13-20(24)21-11-10-19(25(27)28)22(26-21)14-30-23-8-6-7-16(3)17(23)4/h6-13,15H,14H2,1-5H3,(H,27,28). The minimum absolute atomic E-state index is 0.0301. The van der Waals surface area contributed by atoms with Gasteiger partial charge in [-0.2, -0.15) is 0 Å². The van der Waals surface area contributed by atoms with Gasteiger partial charge in [0.1, 0.15) is 23.9 Å². The van der Waals surface area contributed by atoms with Gasteiger partial charge in [-0.3, -0.25) is 0 Å². The topological polar surface area (TPSA) is 77.9 Å². The molecule has 0 atom stereocenters. The second-order valence-corrected chi connectivity index (χ2v) is 7.51. The van der Waals surface area contributed by atoms with Crippen molar-refractivity contribution >= 4 is 5.97 Å². The Morgan fingerprint density at radius 3 is 2.52 bits per heavy atom. The Balaban J connectivity index is 2.02. The highest BCUT2D eigenvalue weighted by atomic mass is 16.5. The SMILES string of the molecule is COc1ccc(OC(C)C)c(-c2ccc(C(=O)O)c(COc3cccc(C)c3C)n2)c1. The van der Waals surface area contributed by atoms with Crippen LogP contribution in [0.15, 0.2) is 48.5 Å². The molecule has 3 aromatic rings. The molecule has 0 saturated heterocycles. The summed E-state index contributed by atoms with van der Waals surface area (Å²) in [6.07, 6.45) is -0.0301. The van der Waals surface area contributed by atoms with E-state index < -0.39 is 5.97 Å². The number of carboxylic acids is 1. The third-order valence-electron chi connectivity index (χ3n) is 4.95. The monoisotopic (exact) mass is 421 g/mol. The maximum atomic E-state index is 11.8. The molecular formula is C25H27NO5. The molecule has 0 unspecified atom stereocenters. The Bertz CT molecular complexity index is 1090. The highest BCUT2D eigenvalue weighted by molar-refractivity contribution is 5.89. The van der Waals surface area contributed by atoms with Crippen LogP contribution in [0.25, 0.3) is 11.3 Å². The van der Waals surface area contributed by atoms with Gasteiger partial charge < -0.3 is 19.3 Å². The van der Waals surface area contributed by atoms with Crippen LogP contribution >= 0.6 is 0 Å². The van der Waals surface area contributed by atoms with E-state index in [1.807, 2.05) is 64.1 Å². The van der Waals surface area contributed by atoms with Crippen LogP contribution in [-0.2, 0) is 6.61 Å². The van der Waals surface area contributed by atoms with Crippen molar-refractivity contribution in [1.29, 1.82) is 0 Å². The Labute approximate surface area is 182 Å². The predicted octanol–water partition coefficient (Wildman–Crippen LogP) is 5.44. The second kappa shape index (κ2) is 9.51. The Morgan fingerprint density at radius 2 is 1.84 bits per heavy atom. The summed E-state index contributed by atoms with van der Waals surface area (Å²) in [6, 6.07) is 14.5. The van der Waals surface area contributed by atoms with E-state index in [2.05, 4.69) is 4.98 Å². The van der Waals surface area contributed by atoms with E-state index in [1.165, 1.54) is 0 Å². The van der Waals surface area contributed by atoms with Crippen LogP contribution in [0.2, 0.25) is 0 Å². The fourth-order valence-electron chi connectivity index (χ4n) is 3.18. The van der Waals surface area contributed by atoms with Crippen LogP contribution in [0.4, 0.5) is 0 Å². The summed E-state index contributed by atoms with van der Waals surface area (Å²) in [7, 11) is 1.59. The molecule has 0 spiro atoms. The first-order chi connectivity index (χ1) is 14.8. The normalized spacial score (nSPS) is 10.8. The maximum Gasteiger partial charge on any atom is 0.337 e. The van der Waals surface area contributed by atoms with Gasteiger partial charge in [-0.1, -0.05) is 12.1 Å². The molecule has 0 aliphatic carbocycles. The highest BCUT2D eigenvalue weighted by Crippen LogP contribution is 2.34. The lowest BCUT2D eigenvalue weighted by Crippen LogP contribution is -2.10. The number of rotatable bonds is 8. The molecule has 0 radical (unpaired) electrons. The highest BCUT2D eigenvalue weighted by Gasteiger charge is 2.17. The molecule has 0 fully saturated rings. The first kappa shape index (κ1) is 22.2. The van der Waals surface area contributed by atoms with Gasteiger partial charge in [0.2, 0.25) is 0 Å². The summed E-state index contributed by atoms with van der Waals surface area (Å²) in [5.74, 6) is 0.952. The van der Waals surface area contributed by atoms with E-state index in [0.717, 1.165) is 16.7 Å². The molecule has 0 saturated carbocycles. The van der Waals surface area contributed by atoms with Crippen LogP contribution in [0.1, 0.15) is 41.0 Å². The average molecular weight is 421 g/mol. The molecule has 0 amide bonds. The first-order valence-corrected chi connectivity index (χ1v) is 10.1. The molecule has 6 heteroatoms. The van der Waals surface area contributed by atoms with Crippen molar-refractivity contribution in [3.63, 3.8) is 0 Å². The minimum atomic E-state index is -1.05. The number of aryl methyl sites for hydroxylation is 1. The lowest BCUT2D eigenvalue weighted by molar-refractivity contribution is 0.0693. The summed E-state index contributed by atoms with van der Waals surface area (Å²) in [5.41, 5.74) is 3.85. The van der Waals surface area contributed by atoms with E-state index >= 15 is 0 Å². The van der Waals surface area contributed by atoms with Crippen molar-refractivity contribution in [2.75, 3.05) is 7.11 Å². The summed E-state index contributed by atoms with van der Waals surface area (Å²) < 4.78 is 17.2. The van der Waals surface area contributed by atoms with E-state index in [4.69, 9.17) is 14.2 Å². The molecule has 1 aromatic heterocycles. The largest absolute Gasteiger partial charge is 0.497 e. The summed E-state index contributed by atoms with van der Waals surface area (Å²) >= 11 is 0. The minimum Gasteiger partial charge on any atom is -0.497 e. The number of benzene rings is 2. The van der Waals surface area contributed by atoms with Crippen LogP contribution in [-0.4, -0.2) is 29.3 Å². The van der Waals surface area contributed by atoms with Crippen LogP contribution in [0, 0.1) is 13.8 Å². The zero-order chi connectivity index (χ0) is 22.5. The Kier molecular flexibility index (Phi) is 6.80. The number of methoxy groups -OCH3 is 1. The number of ether oxygens (including phenoxy) is 3. The molecule has 1 N–H and O–H groups in total. The van der Waals surface area contributed by atoms with E-state index in [1.54, 1.807) is 19.2 Å². The number of nitrogens with zero attached hydrogens (tertiary/aromatic N) is 1. The zero-order valence-electron chi connectivity index (χ0n) is 18.4.